The van der Waals surface area contributed by atoms with Crippen molar-refractivity contribution in [2.75, 3.05) is 12.4 Å². The van der Waals surface area contributed by atoms with Crippen LogP contribution in [0.2, 0.25) is 0 Å². The number of carbonyl (C=O) groups excluding carboxylic acids is 1. The highest BCUT2D eigenvalue weighted by molar-refractivity contribution is 5.85. The molecule has 0 aliphatic heterocycles. The van der Waals surface area contributed by atoms with Gasteiger partial charge in [0.15, 0.2) is 0 Å². The van der Waals surface area contributed by atoms with Gasteiger partial charge in [-0.2, -0.15) is 0 Å². The summed E-state index contributed by atoms with van der Waals surface area (Å²) in [4.78, 5) is 19.7. The molecule has 0 saturated heterocycles. The van der Waals surface area contributed by atoms with Crippen LogP contribution in [0, 0.1) is 6.92 Å². The van der Waals surface area contributed by atoms with Crippen LogP contribution in [0.1, 0.15) is 49.4 Å². The van der Waals surface area contributed by atoms with Gasteiger partial charge in [-0.15, -0.1) is 0 Å². The molecule has 0 aromatic carbocycles. The number of hydrogen-bond donors (Lipinski definition) is 1. The number of nitrogens with zero attached hydrogens (tertiary/aromatic N) is 2. The summed E-state index contributed by atoms with van der Waals surface area (Å²) in [5.41, 5.74) is 0.749. The Bertz CT molecular complexity index is 407. The van der Waals surface area contributed by atoms with E-state index in [-0.39, 0.29) is 5.82 Å². The second kappa shape index (κ2) is 6.93. The number of aromatic nitrogens is 2. The molecule has 1 unspecified atom stereocenters. The number of ether oxygens (including phenoxy) is 1. The first-order valence-corrected chi connectivity index (χ1v) is 6.31. The lowest BCUT2D eigenvalue weighted by Crippen LogP contribution is -2.20. The Labute approximate surface area is 108 Å². The number of aryl methyl sites for hydroxylation is 1. The molecule has 18 heavy (non-hydrogen) atoms. The van der Waals surface area contributed by atoms with E-state index in [4.69, 9.17) is 0 Å². The van der Waals surface area contributed by atoms with E-state index in [1.807, 2.05) is 13.0 Å². The average Bonchev–Trinajstić information content (AvgIpc) is 2.36. The molecular formula is C13H21N3O2. The summed E-state index contributed by atoms with van der Waals surface area (Å²) in [6, 6.07) is 2.21. The second-order valence-electron chi connectivity index (χ2n) is 4.25. The van der Waals surface area contributed by atoms with Crippen LogP contribution in [0.25, 0.3) is 0 Å². The monoisotopic (exact) mass is 251 g/mol. The number of anilines is 1. The van der Waals surface area contributed by atoms with Gasteiger partial charge in [-0.1, -0.05) is 20.3 Å². The van der Waals surface area contributed by atoms with Crippen LogP contribution >= 0.6 is 0 Å². The van der Waals surface area contributed by atoms with E-state index >= 15 is 0 Å². The van der Waals surface area contributed by atoms with Crippen molar-refractivity contribution in [3.05, 3.63) is 17.6 Å². The summed E-state index contributed by atoms with van der Waals surface area (Å²) in [5, 5.41) is 3.33. The first-order chi connectivity index (χ1) is 8.60. The van der Waals surface area contributed by atoms with Crippen LogP contribution in [0.5, 0.6) is 0 Å². The zero-order chi connectivity index (χ0) is 13.5. The molecule has 0 fully saturated rings. The molecule has 5 nitrogen and oxygen atoms in total. The van der Waals surface area contributed by atoms with E-state index < -0.39 is 5.97 Å². The molecule has 1 heterocycles. The van der Waals surface area contributed by atoms with Gasteiger partial charge in [-0.05, 0) is 19.8 Å². The lowest BCUT2D eigenvalue weighted by atomic mass is 10.1. The topological polar surface area (TPSA) is 64.1 Å². The van der Waals surface area contributed by atoms with Gasteiger partial charge in [0, 0.05) is 17.8 Å². The van der Waals surface area contributed by atoms with Crippen molar-refractivity contribution in [2.45, 2.75) is 46.1 Å². The number of methoxy groups -OCH3 is 1. The molecule has 1 atom stereocenters. The first-order valence-electron chi connectivity index (χ1n) is 6.31. The quantitative estimate of drug-likeness (QED) is 0.787. The Morgan fingerprint density at radius 1 is 1.44 bits per heavy atom. The van der Waals surface area contributed by atoms with E-state index in [1.54, 1.807) is 0 Å². The molecule has 1 rings (SSSR count). The predicted molar refractivity (Wildman–Crippen MR) is 70.7 cm³/mol. The molecule has 0 spiro atoms. The average molecular weight is 251 g/mol. The fourth-order valence-corrected chi connectivity index (χ4v) is 1.76. The summed E-state index contributed by atoms with van der Waals surface area (Å²) in [6.07, 6.45) is 3.21. The maximum absolute atomic E-state index is 11.4. The smallest absolute Gasteiger partial charge is 0.376 e. The predicted octanol–water partition coefficient (Wildman–Crippen LogP) is 2.56. The van der Waals surface area contributed by atoms with Gasteiger partial charge >= 0.3 is 5.97 Å². The minimum absolute atomic E-state index is 0.103. The maximum atomic E-state index is 11.4. The van der Waals surface area contributed by atoms with E-state index in [9.17, 15) is 4.79 Å². The van der Waals surface area contributed by atoms with Gasteiger partial charge < -0.3 is 10.1 Å². The molecule has 5 heteroatoms. The van der Waals surface area contributed by atoms with E-state index in [2.05, 4.69) is 33.9 Å². The van der Waals surface area contributed by atoms with Crippen molar-refractivity contribution in [3.8, 4) is 0 Å². The zero-order valence-electron chi connectivity index (χ0n) is 11.5. The van der Waals surface area contributed by atoms with Crippen molar-refractivity contribution in [1.29, 1.82) is 0 Å². The molecule has 100 valence electrons. The highest BCUT2D eigenvalue weighted by atomic mass is 16.5. The maximum Gasteiger partial charge on any atom is 0.376 e. The highest BCUT2D eigenvalue weighted by Gasteiger charge is 2.13. The van der Waals surface area contributed by atoms with Gasteiger partial charge in [-0.25, -0.2) is 14.8 Å². The summed E-state index contributed by atoms with van der Waals surface area (Å²) in [5.74, 6) is 0.278. The number of esters is 1. The minimum Gasteiger partial charge on any atom is -0.463 e. The molecule has 0 saturated carbocycles. The lowest BCUT2D eigenvalue weighted by molar-refractivity contribution is 0.0586. The van der Waals surface area contributed by atoms with E-state index in [1.165, 1.54) is 7.11 Å². The van der Waals surface area contributed by atoms with E-state index in [0.717, 1.165) is 25.0 Å². The lowest BCUT2D eigenvalue weighted by Gasteiger charge is -2.17. The van der Waals surface area contributed by atoms with Crippen molar-refractivity contribution in [1.82, 2.24) is 9.97 Å². The normalized spacial score (nSPS) is 12.0. The minimum atomic E-state index is -0.509. The molecular weight excluding hydrogens is 230 g/mol. The summed E-state index contributed by atoms with van der Waals surface area (Å²) in [6.45, 7) is 6.11. The summed E-state index contributed by atoms with van der Waals surface area (Å²) >= 11 is 0. The Kier molecular flexibility index (Phi) is 5.55. The van der Waals surface area contributed by atoms with Crippen LogP contribution in [0.3, 0.4) is 0 Å². The van der Waals surface area contributed by atoms with Crippen LogP contribution in [-0.2, 0) is 4.74 Å². The third kappa shape index (κ3) is 3.98. The zero-order valence-corrected chi connectivity index (χ0v) is 11.5. The van der Waals surface area contributed by atoms with Crippen LogP contribution in [0.4, 0.5) is 5.82 Å². The van der Waals surface area contributed by atoms with Gasteiger partial charge in [0.1, 0.15) is 5.82 Å². The highest BCUT2D eigenvalue weighted by Crippen LogP contribution is 2.12. The molecule has 1 N–H and O–H groups in total. The van der Waals surface area contributed by atoms with Gasteiger partial charge in [0.2, 0.25) is 5.82 Å². The Morgan fingerprint density at radius 3 is 2.72 bits per heavy atom. The van der Waals surface area contributed by atoms with Crippen molar-refractivity contribution < 1.29 is 9.53 Å². The largest absolute Gasteiger partial charge is 0.463 e. The summed E-state index contributed by atoms with van der Waals surface area (Å²) in [7, 11) is 1.33. The van der Waals surface area contributed by atoms with Gasteiger partial charge in [0.25, 0.3) is 0 Å². The fraction of sp³-hybridized carbons (Fsp3) is 0.615. The third-order valence-electron chi connectivity index (χ3n) is 2.70. The van der Waals surface area contributed by atoms with Crippen molar-refractivity contribution in [3.63, 3.8) is 0 Å². The Hall–Kier alpha value is -1.65. The number of rotatable bonds is 6. The standard InChI is InChI=1S/C13H21N3O2/c1-5-7-10(6-2)15-11-8-9(3)14-12(16-11)13(17)18-4/h8,10H,5-7H2,1-4H3,(H,14,15,16). The molecule has 0 aliphatic carbocycles. The second-order valence-corrected chi connectivity index (χ2v) is 4.25. The van der Waals surface area contributed by atoms with Crippen molar-refractivity contribution >= 4 is 11.8 Å². The van der Waals surface area contributed by atoms with Crippen LogP contribution in [-0.4, -0.2) is 29.1 Å². The SMILES string of the molecule is CCCC(CC)Nc1cc(C)nc(C(=O)OC)n1. The number of hydrogen-bond acceptors (Lipinski definition) is 5. The van der Waals surface area contributed by atoms with Crippen LogP contribution < -0.4 is 5.32 Å². The van der Waals surface area contributed by atoms with E-state index in [0.29, 0.717) is 11.9 Å². The number of carbonyl (C=O) groups is 1. The van der Waals surface area contributed by atoms with Crippen LogP contribution in [0.15, 0.2) is 6.07 Å². The molecule has 1 aromatic rings. The molecule has 0 amide bonds. The molecule has 0 bridgehead atoms. The molecule has 0 aliphatic rings. The Balaban J connectivity index is 2.88. The van der Waals surface area contributed by atoms with Crippen molar-refractivity contribution in [2.24, 2.45) is 0 Å². The molecule has 1 aromatic heterocycles. The van der Waals surface area contributed by atoms with Gasteiger partial charge in [0.05, 0.1) is 7.11 Å². The molecule has 0 radical (unpaired) electrons. The van der Waals surface area contributed by atoms with Gasteiger partial charge in [-0.3, -0.25) is 0 Å². The fourth-order valence-electron chi connectivity index (χ4n) is 1.76. The Morgan fingerprint density at radius 2 is 2.17 bits per heavy atom. The third-order valence-corrected chi connectivity index (χ3v) is 2.70. The first kappa shape index (κ1) is 14.4. The summed E-state index contributed by atoms with van der Waals surface area (Å²) < 4.78 is 4.63. The number of nitrogens with one attached hydrogen (secondary N) is 1.